The second-order valence-electron chi connectivity index (χ2n) is 6.89. The number of aromatic nitrogens is 1. The smallest absolute Gasteiger partial charge is 0.338 e. The number of carbonyl (C=O) groups is 1. The van der Waals surface area contributed by atoms with Crippen LogP contribution in [0.25, 0.3) is 11.5 Å². The molecule has 152 valence electrons. The van der Waals surface area contributed by atoms with Gasteiger partial charge in [0.2, 0.25) is 15.9 Å². The Balaban J connectivity index is 1.62. The van der Waals surface area contributed by atoms with Crippen molar-refractivity contribution in [2.75, 3.05) is 0 Å². The molecule has 0 saturated carbocycles. The van der Waals surface area contributed by atoms with Crippen molar-refractivity contribution in [1.29, 1.82) is 0 Å². The minimum absolute atomic E-state index is 0.0524. The lowest BCUT2D eigenvalue weighted by atomic mass is 10.1. The van der Waals surface area contributed by atoms with Crippen LogP contribution in [0.4, 0.5) is 0 Å². The molecule has 3 rings (SSSR count). The predicted octanol–water partition coefficient (Wildman–Crippen LogP) is 3.69. The van der Waals surface area contributed by atoms with Crippen LogP contribution in [-0.2, 0) is 21.4 Å². The van der Waals surface area contributed by atoms with E-state index < -0.39 is 16.0 Å². The van der Waals surface area contributed by atoms with Gasteiger partial charge in [-0.2, -0.15) is 0 Å². The van der Waals surface area contributed by atoms with Crippen LogP contribution in [0.15, 0.2) is 64.1 Å². The van der Waals surface area contributed by atoms with E-state index in [0.717, 1.165) is 11.1 Å². The molecule has 3 aromatic rings. The van der Waals surface area contributed by atoms with Gasteiger partial charge >= 0.3 is 5.97 Å². The maximum Gasteiger partial charge on any atom is 0.338 e. The quantitative estimate of drug-likeness (QED) is 0.592. The number of aryl methyl sites for hydroxylation is 1. The van der Waals surface area contributed by atoms with Crippen LogP contribution in [0.1, 0.15) is 35.5 Å². The summed E-state index contributed by atoms with van der Waals surface area (Å²) >= 11 is 0. The van der Waals surface area contributed by atoms with Crippen molar-refractivity contribution in [3.8, 4) is 11.5 Å². The maximum atomic E-state index is 12.2. The first-order chi connectivity index (χ1) is 13.7. The Labute approximate surface area is 169 Å². The summed E-state index contributed by atoms with van der Waals surface area (Å²) in [6.07, 6.45) is 1.44. The molecule has 1 aromatic heterocycles. The highest BCUT2D eigenvalue weighted by atomic mass is 32.2. The first-order valence-electron chi connectivity index (χ1n) is 9.05. The van der Waals surface area contributed by atoms with E-state index in [-0.39, 0.29) is 23.1 Å². The maximum absolute atomic E-state index is 12.2. The molecule has 0 fully saturated rings. The Kier molecular flexibility index (Phi) is 6.14. The highest BCUT2D eigenvalue weighted by Gasteiger charge is 2.17. The molecule has 29 heavy (non-hydrogen) atoms. The molecule has 8 heteroatoms. The summed E-state index contributed by atoms with van der Waals surface area (Å²) < 4.78 is 37.4. The minimum Gasteiger partial charge on any atom is -0.455 e. The zero-order chi connectivity index (χ0) is 21.0. The standard InChI is InChI=1S/C21H22N2O5S/c1-14(2)23-29(25,26)19-10-8-17(9-11-19)21(24)28-13-18-12-27-20(22-18)16-6-4-15(3)5-7-16/h4-12,14,23H,13H2,1-3H3. The Morgan fingerprint density at radius 3 is 2.38 bits per heavy atom. The number of hydrogen-bond acceptors (Lipinski definition) is 6. The second-order valence-corrected chi connectivity index (χ2v) is 8.60. The van der Waals surface area contributed by atoms with Crippen molar-refractivity contribution in [1.82, 2.24) is 9.71 Å². The van der Waals surface area contributed by atoms with Crippen LogP contribution in [-0.4, -0.2) is 25.4 Å². The van der Waals surface area contributed by atoms with Gasteiger partial charge in [0.15, 0.2) is 0 Å². The average Bonchev–Trinajstić information content (AvgIpc) is 3.15. The van der Waals surface area contributed by atoms with E-state index in [0.29, 0.717) is 11.6 Å². The summed E-state index contributed by atoms with van der Waals surface area (Å²) in [5.74, 6) is -0.131. The molecule has 7 nitrogen and oxygen atoms in total. The third-order valence-electron chi connectivity index (χ3n) is 3.99. The fourth-order valence-corrected chi connectivity index (χ4v) is 3.82. The largest absolute Gasteiger partial charge is 0.455 e. The van der Waals surface area contributed by atoms with Crippen LogP contribution in [0.5, 0.6) is 0 Å². The molecule has 0 aliphatic carbocycles. The zero-order valence-electron chi connectivity index (χ0n) is 16.4. The summed E-state index contributed by atoms with van der Waals surface area (Å²) in [5, 5.41) is 0. The normalized spacial score (nSPS) is 11.6. The number of nitrogens with one attached hydrogen (secondary N) is 1. The second kappa shape index (κ2) is 8.59. The third kappa shape index (κ3) is 5.30. The molecule has 0 amide bonds. The number of rotatable bonds is 7. The Morgan fingerprint density at radius 1 is 1.10 bits per heavy atom. The number of esters is 1. The molecule has 0 saturated heterocycles. The van der Waals surface area contributed by atoms with Gasteiger partial charge in [-0.3, -0.25) is 0 Å². The molecule has 0 atom stereocenters. The Bertz CT molecular complexity index is 1080. The van der Waals surface area contributed by atoms with E-state index in [1.807, 2.05) is 31.2 Å². The monoisotopic (exact) mass is 414 g/mol. The molecule has 0 spiro atoms. The van der Waals surface area contributed by atoms with E-state index >= 15 is 0 Å². The van der Waals surface area contributed by atoms with Gasteiger partial charge in [-0.05, 0) is 57.2 Å². The van der Waals surface area contributed by atoms with Gasteiger partial charge in [-0.15, -0.1) is 0 Å². The number of oxazole rings is 1. The topological polar surface area (TPSA) is 98.5 Å². The molecule has 0 bridgehead atoms. The lowest BCUT2D eigenvalue weighted by molar-refractivity contribution is 0.0467. The number of nitrogens with zero attached hydrogens (tertiary/aromatic N) is 1. The molecule has 0 unspecified atom stereocenters. The fourth-order valence-electron chi connectivity index (χ4n) is 2.57. The summed E-state index contributed by atoms with van der Waals surface area (Å²) in [6.45, 7) is 5.41. The SMILES string of the molecule is Cc1ccc(-c2nc(COC(=O)c3ccc(S(=O)(=O)NC(C)C)cc3)co2)cc1. The van der Waals surface area contributed by atoms with Crippen LogP contribution >= 0.6 is 0 Å². The minimum atomic E-state index is -3.61. The summed E-state index contributed by atoms with van der Waals surface area (Å²) in [6, 6.07) is 13.1. The highest BCUT2D eigenvalue weighted by Crippen LogP contribution is 2.20. The van der Waals surface area contributed by atoms with E-state index in [2.05, 4.69) is 9.71 Å². The fraction of sp³-hybridized carbons (Fsp3) is 0.238. The zero-order valence-corrected chi connectivity index (χ0v) is 17.2. The molecule has 1 heterocycles. The number of hydrogen-bond donors (Lipinski definition) is 1. The van der Waals surface area contributed by atoms with Gasteiger partial charge in [-0.25, -0.2) is 22.9 Å². The predicted molar refractivity (Wildman–Crippen MR) is 108 cm³/mol. The Morgan fingerprint density at radius 2 is 1.76 bits per heavy atom. The van der Waals surface area contributed by atoms with Crippen LogP contribution in [0.2, 0.25) is 0 Å². The van der Waals surface area contributed by atoms with E-state index in [1.165, 1.54) is 30.5 Å². The highest BCUT2D eigenvalue weighted by molar-refractivity contribution is 7.89. The number of benzene rings is 2. The van der Waals surface area contributed by atoms with Crippen molar-refractivity contribution in [3.63, 3.8) is 0 Å². The first kappa shape index (κ1) is 20.8. The van der Waals surface area contributed by atoms with Gasteiger partial charge < -0.3 is 9.15 Å². The summed E-state index contributed by atoms with van der Waals surface area (Å²) in [5.41, 5.74) is 2.69. The van der Waals surface area contributed by atoms with Crippen molar-refractivity contribution in [2.45, 2.75) is 38.3 Å². The van der Waals surface area contributed by atoms with Crippen molar-refractivity contribution in [3.05, 3.63) is 71.6 Å². The van der Waals surface area contributed by atoms with E-state index in [4.69, 9.17) is 9.15 Å². The van der Waals surface area contributed by atoms with Gasteiger partial charge in [0.05, 0.1) is 10.5 Å². The summed E-state index contributed by atoms with van der Waals surface area (Å²) in [7, 11) is -3.61. The molecule has 0 aliphatic heterocycles. The van der Waals surface area contributed by atoms with Crippen molar-refractivity contribution < 1.29 is 22.4 Å². The van der Waals surface area contributed by atoms with Crippen LogP contribution in [0, 0.1) is 6.92 Å². The van der Waals surface area contributed by atoms with Crippen LogP contribution < -0.4 is 4.72 Å². The van der Waals surface area contributed by atoms with Gasteiger partial charge in [-0.1, -0.05) is 17.7 Å². The number of carbonyl (C=O) groups excluding carboxylic acids is 1. The van der Waals surface area contributed by atoms with Crippen molar-refractivity contribution >= 4 is 16.0 Å². The number of ether oxygens (including phenoxy) is 1. The third-order valence-corrected chi connectivity index (χ3v) is 5.67. The molecule has 1 N–H and O–H groups in total. The van der Waals surface area contributed by atoms with E-state index in [1.54, 1.807) is 13.8 Å². The molecular weight excluding hydrogens is 392 g/mol. The summed E-state index contributed by atoms with van der Waals surface area (Å²) in [4.78, 5) is 16.6. The molecular formula is C21H22N2O5S. The molecule has 0 aliphatic rings. The lowest BCUT2D eigenvalue weighted by Crippen LogP contribution is -2.30. The Hall–Kier alpha value is -2.97. The molecule has 0 radical (unpaired) electrons. The van der Waals surface area contributed by atoms with Gasteiger partial charge in [0.25, 0.3) is 0 Å². The lowest BCUT2D eigenvalue weighted by Gasteiger charge is -2.10. The first-order valence-corrected chi connectivity index (χ1v) is 10.5. The van der Waals surface area contributed by atoms with Gasteiger partial charge in [0, 0.05) is 11.6 Å². The number of sulfonamides is 1. The average molecular weight is 414 g/mol. The van der Waals surface area contributed by atoms with E-state index in [9.17, 15) is 13.2 Å². The molecule has 2 aromatic carbocycles. The van der Waals surface area contributed by atoms with Crippen molar-refractivity contribution in [2.24, 2.45) is 0 Å². The van der Waals surface area contributed by atoms with Gasteiger partial charge in [0.1, 0.15) is 18.6 Å². The van der Waals surface area contributed by atoms with Crippen LogP contribution in [0.3, 0.4) is 0 Å².